The molecule has 0 aliphatic carbocycles. The SMILES string of the molecule is COCC(NS(=O)(=O)c1ccc(CBr)cc1)C(C)C. The van der Waals surface area contributed by atoms with Gasteiger partial charge in [0.05, 0.1) is 11.5 Å². The Morgan fingerprint density at radius 2 is 1.84 bits per heavy atom. The molecule has 0 fully saturated rings. The molecule has 0 heterocycles. The number of hydrogen-bond acceptors (Lipinski definition) is 3. The van der Waals surface area contributed by atoms with Gasteiger partial charge >= 0.3 is 0 Å². The van der Waals surface area contributed by atoms with Crippen LogP contribution in [0, 0.1) is 5.92 Å². The molecule has 1 unspecified atom stereocenters. The van der Waals surface area contributed by atoms with Crippen LogP contribution in [0.3, 0.4) is 0 Å². The summed E-state index contributed by atoms with van der Waals surface area (Å²) in [6.45, 7) is 4.27. The predicted molar refractivity (Wildman–Crippen MR) is 79.9 cm³/mol. The molecule has 1 aromatic carbocycles. The number of methoxy groups -OCH3 is 1. The molecular weight excluding hydrogens is 330 g/mol. The maximum absolute atomic E-state index is 12.2. The first-order chi connectivity index (χ1) is 8.90. The van der Waals surface area contributed by atoms with E-state index in [1.54, 1.807) is 31.4 Å². The minimum Gasteiger partial charge on any atom is -0.383 e. The first-order valence-electron chi connectivity index (χ1n) is 6.07. The van der Waals surface area contributed by atoms with Crippen molar-refractivity contribution in [1.82, 2.24) is 4.72 Å². The Labute approximate surface area is 123 Å². The summed E-state index contributed by atoms with van der Waals surface area (Å²) in [5.74, 6) is 0.163. The van der Waals surface area contributed by atoms with Crippen LogP contribution in [0.1, 0.15) is 19.4 Å². The molecule has 0 radical (unpaired) electrons. The average Bonchev–Trinajstić information content (AvgIpc) is 2.38. The zero-order valence-corrected chi connectivity index (χ0v) is 13.8. The smallest absolute Gasteiger partial charge is 0.240 e. The molecule has 0 aliphatic rings. The molecule has 108 valence electrons. The quantitative estimate of drug-likeness (QED) is 0.769. The second kappa shape index (κ2) is 7.38. The summed E-state index contributed by atoms with van der Waals surface area (Å²) in [4.78, 5) is 0.277. The van der Waals surface area contributed by atoms with Crippen LogP contribution >= 0.6 is 15.9 Å². The van der Waals surface area contributed by atoms with Gasteiger partial charge in [-0.1, -0.05) is 41.9 Å². The largest absolute Gasteiger partial charge is 0.383 e. The van der Waals surface area contributed by atoms with Crippen LogP contribution in [0.4, 0.5) is 0 Å². The predicted octanol–water partition coefficient (Wildman–Crippen LogP) is 2.53. The number of nitrogens with one attached hydrogen (secondary N) is 1. The molecule has 1 aromatic rings. The van der Waals surface area contributed by atoms with E-state index < -0.39 is 10.0 Å². The number of ether oxygens (including phenoxy) is 1. The highest BCUT2D eigenvalue weighted by molar-refractivity contribution is 9.08. The van der Waals surface area contributed by atoms with E-state index in [9.17, 15) is 8.42 Å². The van der Waals surface area contributed by atoms with E-state index in [-0.39, 0.29) is 16.9 Å². The molecule has 0 aliphatic heterocycles. The molecule has 0 amide bonds. The Kier molecular flexibility index (Phi) is 6.46. The van der Waals surface area contributed by atoms with Crippen LogP contribution in [0.2, 0.25) is 0 Å². The summed E-state index contributed by atoms with van der Waals surface area (Å²) in [5, 5.41) is 0.707. The monoisotopic (exact) mass is 349 g/mol. The van der Waals surface area contributed by atoms with Crippen molar-refractivity contribution < 1.29 is 13.2 Å². The number of rotatable bonds is 7. The van der Waals surface area contributed by atoms with E-state index in [2.05, 4.69) is 20.7 Å². The second-order valence-electron chi connectivity index (χ2n) is 4.70. The highest BCUT2D eigenvalue weighted by Crippen LogP contribution is 2.14. The summed E-state index contributed by atoms with van der Waals surface area (Å²) < 4.78 is 32.2. The third-order valence-corrected chi connectivity index (χ3v) is 5.00. The van der Waals surface area contributed by atoms with Crippen LogP contribution in [-0.2, 0) is 20.1 Å². The number of hydrogen-bond donors (Lipinski definition) is 1. The fourth-order valence-corrected chi connectivity index (χ4v) is 3.31. The van der Waals surface area contributed by atoms with E-state index in [0.717, 1.165) is 5.56 Å². The van der Waals surface area contributed by atoms with Crippen LogP contribution < -0.4 is 4.72 Å². The van der Waals surface area contributed by atoms with Gasteiger partial charge in [-0.2, -0.15) is 0 Å². The van der Waals surface area contributed by atoms with Crippen molar-refractivity contribution >= 4 is 26.0 Å². The minimum absolute atomic E-state index is 0.163. The zero-order chi connectivity index (χ0) is 14.5. The molecule has 0 saturated carbocycles. The van der Waals surface area contributed by atoms with E-state index in [1.807, 2.05) is 13.8 Å². The molecule has 0 aromatic heterocycles. The van der Waals surface area contributed by atoms with Crippen molar-refractivity contribution in [3.63, 3.8) is 0 Å². The molecule has 0 spiro atoms. The number of sulfonamides is 1. The highest BCUT2D eigenvalue weighted by atomic mass is 79.9. The molecule has 0 saturated heterocycles. The number of halogens is 1. The lowest BCUT2D eigenvalue weighted by Crippen LogP contribution is -2.41. The lowest BCUT2D eigenvalue weighted by atomic mass is 10.1. The molecule has 6 heteroatoms. The van der Waals surface area contributed by atoms with Gasteiger partial charge < -0.3 is 4.74 Å². The maximum Gasteiger partial charge on any atom is 0.240 e. The molecule has 1 atom stereocenters. The summed E-state index contributed by atoms with van der Waals surface area (Å²) in [6, 6.07) is 6.59. The Hall–Kier alpha value is -0.430. The van der Waals surface area contributed by atoms with Crippen molar-refractivity contribution in [1.29, 1.82) is 0 Å². The van der Waals surface area contributed by atoms with E-state index >= 15 is 0 Å². The van der Waals surface area contributed by atoms with Gasteiger partial charge in [-0.25, -0.2) is 13.1 Å². The number of alkyl halides is 1. The number of benzene rings is 1. The van der Waals surface area contributed by atoms with Crippen molar-refractivity contribution in [2.45, 2.75) is 30.1 Å². The van der Waals surface area contributed by atoms with Gasteiger partial charge in [0.2, 0.25) is 10.0 Å². The molecule has 4 nitrogen and oxygen atoms in total. The lowest BCUT2D eigenvalue weighted by molar-refractivity contribution is 0.157. The third kappa shape index (κ3) is 4.87. The standard InChI is InChI=1S/C13H20BrNO3S/c1-10(2)13(9-18-3)15-19(16,17)12-6-4-11(8-14)5-7-12/h4-7,10,13,15H,8-9H2,1-3H3. The molecule has 1 rings (SSSR count). The average molecular weight is 350 g/mol. The molecule has 1 N–H and O–H groups in total. The maximum atomic E-state index is 12.2. The van der Waals surface area contributed by atoms with Crippen molar-refractivity contribution in [2.24, 2.45) is 5.92 Å². The van der Waals surface area contributed by atoms with Crippen LogP contribution in [0.25, 0.3) is 0 Å². The van der Waals surface area contributed by atoms with E-state index in [0.29, 0.717) is 11.9 Å². The fraction of sp³-hybridized carbons (Fsp3) is 0.538. The topological polar surface area (TPSA) is 55.4 Å². The van der Waals surface area contributed by atoms with Gasteiger partial charge in [0.15, 0.2) is 0 Å². The van der Waals surface area contributed by atoms with Gasteiger partial charge in [-0.15, -0.1) is 0 Å². The summed E-state index contributed by atoms with van der Waals surface area (Å²) in [7, 11) is -1.93. The van der Waals surface area contributed by atoms with Crippen LogP contribution in [0.5, 0.6) is 0 Å². The Morgan fingerprint density at radius 3 is 2.26 bits per heavy atom. The fourth-order valence-electron chi connectivity index (χ4n) is 1.57. The second-order valence-corrected chi connectivity index (χ2v) is 6.98. The van der Waals surface area contributed by atoms with Crippen LogP contribution in [-0.4, -0.2) is 28.2 Å². The zero-order valence-electron chi connectivity index (χ0n) is 11.4. The van der Waals surface area contributed by atoms with Crippen molar-refractivity contribution in [3.05, 3.63) is 29.8 Å². The van der Waals surface area contributed by atoms with Gasteiger partial charge in [0.25, 0.3) is 0 Å². The third-order valence-electron chi connectivity index (χ3n) is 2.85. The normalized spacial score (nSPS) is 13.7. The van der Waals surface area contributed by atoms with Crippen molar-refractivity contribution in [2.75, 3.05) is 13.7 Å². The van der Waals surface area contributed by atoms with Gasteiger partial charge in [0.1, 0.15) is 0 Å². The summed E-state index contributed by atoms with van der Waals surface area (Å²) >= 11 is 3.33. The molecule has 0 bridgehead atoms. The summed E-state index contributed by atoms with van der Waals surface area (Å²) in [5.41, 5.74) is 1.04. The Balaban J connectivity index is 2.89. The van der Waals surface area contributed by atoms with Crippen LogP contribution in [0.15, 0.2) is 29.2 Å². The van der Waals surface area contributed by atoms with Crippen molar-refractivity contribution in [3.8, 4) is 0 Å². The minimum atomic E-state index is -3.50. The van der Waals surface area contributed by atoms with E-state index in [4.69, 9.17) is 4.74 Å². The lowest BCUT2D eigenvalue weighted by Gasteiger charge is -2.21. The Bertz CT molecular complexity index is 485. The Morgan fingerprint density at radius 1 is 1.26 bits per heavy atom. The first-order valence-corrected chi connectivity index (χ1v) is 8.67. The highest BCUT2D eigenvalue weighted by Gasteiger charge is 2.22. The van der Waals surface area contributed by atoms with Gasteiger partial charge in [-0.05, 0) is 23.6 Å². The van der Waals surface area contributed by atoms with E-state index in [1.165, 1.54) is 0 Å². The molecular formula is C13H20BrNO3S. The van der Waals surface area contributed by atoms with Gasteiger partial charge in [0, 0.05) is 18.5 Å². The molecule has 19 heavy (non-hydrogen) atoms. The summed E-state index contributed by atoms with van der Waals surface area (Å²) in [6.07, 6.45) is 0. The first kappa shape index (κ1) is 16.6. The van der Waals surface area contributed by atoms with Gasteiger partial charge in [-0.3, -0.25) is 0 Å².